The first-order valence-electron chi connectivity index (χ1n) is 10.6. The summed E-state index contributed by atoms with van der Waals surface area (Å²) in [6.07, 6.45) is -1.57. The first-order chi connectivity index (χ1) is 15.3. The second kappa shape index (κ2) is 9.23. The van der Waals surface area contributed by atoms with Crippen molar-refractivity contribution < 1.29 is 31.4 Å². The number of halogens is 5. The van der Waals surface area contributed by atoms with E-state index in [1.807, 2.05) is 18.2 Å². The third kappa shape index (κ3) is 5.15. The van der Waals surface area contributed by atoms with E-state index in [4.69, 9.17) is 0 Å². The molecule has 174 valence electrons. The Morgan fingerprint density at radius 2 is 1.81 bits per heavy atom. The van der Waals surface area contributed by atoms with Crippen molar-refractivity contribution in [1.82, 2.24) is 10.6 Å². The minimum Gasteiger partial charge on any atom is -0.435 e. The Balaban J connectivity index is 1.56. The van der Waals surface area contributed by atoms with Crippen LogP contribution in [0.2, 0.25) is 0 Å². The fraction of sp³-hybridized carbons (Fsp3) is 0.478. The van der Waals surface area contributed by atoms with Crippen LogP contribution in [0.5, 0.6) is 11.5 Å². The molecule has 0 bridgehead atoms. The molecule has 2 N–H and O–H groups in total. The van der Waals surface area contributed by atoms with Gasteiger partial charge in [-0.1, -0.05) is 30.3 Å². The van der Waals surface area contributed by atoms with E-state index in [9.17, 15) is 22.0 Å². The molecule has 0 saturated carbocycles. The van der Waals surface area contributed by atoms with Crippen LogP contribution in [0.3, 0.4) is 0 Å². The molecule has 2 aliphatic rings. The summed E-state index contributed by atoms with van der Waals surface area (Å²) in [5.74, 6) is -0.862. The van der Waals surface area contributed by atoms with Crippen molar-refractivity contribution in [2.45, 2.75) is 56.2 Å². The second-order valence-electron chi connectivity index (χ2n) is 8.30. The van der Waals surface area contributed by atoms with Crippen molar-refractivity contribution in [1.29, 1.82) is 0 Å². The molecular weight excluding hydrogens is 431 g/mol. The third-order valence-corrected chi connectivity index (χ3v) is 6.34. The van der Waals surface area contributed by atoms with E-state index >= 15 is 0 Å². The fourth-order valence-corrected chi connectivity index (χ4v) is 4.99. The molecule has 2 fully saturated rings. The predicted molar refractivity (Wildman–Crippen MR) is 109 cm³/mol. The first-order valence-corrected chi connectivity index (χ1v) is 10.6. The van der Waals surface area contributed by atoms with Gasteiger partial charge in [-0.2, -0.15) is 8.78 Å². The van der Waals surface area contributed by atoms with E-state index < -0.39 is 18.7 Å². The molecule has 32 heavy (non-hydrogen) atoms. The van der Waals surface area contributed by atoms with Gasteiger partial charge in [0.15, 0.2) is 0 Å². The maximum atomic E-state index is 12.9. The van der Waals surface area contributed by atoms with Crippen molar-refractivity contribution in [3.8, 4) is 11.5 Å². The lowest BCUT2D eigenvalue weighted by Crippen LogP contribution is -2.60. The molecule has 4 rings (SSSR count). The SMILES string of the molecule is FC(F)Oc1ccc(OC(F)(F)F)cc1C1CCC2(CCCNC2c2ccccc2)NC1. The summed E-state index contributed by atoms with van der Waals surface area (Å²) in [5, 5.41) is 7.20. The minimum absolute atomic E-state index is 0.0927. The number of hydrogen-bond donors (Lipinski definition) is 2. The quantitative estimate of drug-likeness (QED) is 0.582. The number of hydrogen-bond acceptors (Lipinski definition) is 4. The van der Waals surface area contributed by atoms with Crippen molar-refractivity contribution in [3.63, 3.8) is 0 Å². The predicted octanol–water partition coefficient (Wildman–Crippen LogP) is 5.52. The van der Waals surface area contributed by atoms with Gasteiger partial charge in [-0.3, -0.25) is 0 Å². The monoisotopic (exact) mass is 456 g/mol. The average Bonchev–Trinajstić information content (AvgIpc) is 2.75. The summed E-state index contributed by atoms with van der Waals surface area (Å²) in [7, 11) is 0. The molecule has 3 unspecified atom stereocenters. The average molecular weight is 456 g/mol. The Kier molecular flexibility index (Phi) is 6.57. The summed E-state index contributed by atoms with van der Waals surface area (Å²) in [6, 6.07) is 13.4. The van der Waals surface area contributed by atoms with E-state index in [1.165, 1.54) is 5.56 Å². The number of rotatable bonds is 5. The highest BCUT2D eigenvalue weighted by atomic mass is 19.4. The largest absolute Gasteiger partial charge is 0.573 e. The van der Waals surface area contributed by atoms with E-state index in [2.05, 4.69) is 32.2 Å². The van der Waals surface area contributed by atoms with Gasteiger partial charge in [0, 0.05) is 23.6 Å². The molecule has 2 aromatic rings. The molecule has 1 spiro atoms. The van der Waals surface area contributed by atoms with Crippen LogP contribution in [-0.4, -0.2) is 31.6 Å². The molecule has 2 heterocycles. The highest BCUT2D eigenvalue weighted by Gasteiger charge is 2.44. The van der Waals surface area contributed by atoms with Gasteiger partial charge >= 0.3 is 13.0 Å². The minimum atomic E-state index is -4.87. The molecule has 2 aliphatic heterocycles. The fourth-order valence-electron chi connectivity index (χ4n) is 4.99. The summed E-state index contributed by atoms with van der Waals surface area (Å²) in [5.41, 5.74) is 1.25. The zero-order valence-corrected chi connectivity index (χ0v) is 17.3. The highest BCUT2D eigenvalue weighted by Crippen LogP contribution is 2.44. The molecule has 9 heteroatoms. The van der Waals surface area contributed by atoms with Gasteiger partial charge in [0.1, 0.15) is 11.5 Å². The number of nitrogens with one attached hydrogen (secondary N) is 2. The van der Waals surface area contributed by atoms with Gasteiger partial charge in [-0.05, 0) is 56.0 Å². The Morgan fingerprint density at radius 3 is 2.47 bits per heavy atom. The molecular formula is C23H25F5N2O2. The van der Waals surface area contributed by atoms with E-state index in [-0.39, 0.29) is 28.8 Å². The molecule has 4 nitrogen and oxygen atoms in total. The molecule has 0 aliphatic carbocycles. The standard InChI is InChI=1S/C23H25F5N2O2/c24-21(25)31-19-8-7-17(32-23(26,27)28)13-18(19)16-9-11-22(30-14-16)10-4-12-29-20(22)15-5-2-1-3-6-15/h1-3,5-8,13,16,20-21,29-30H,4,9-12,14H2. The number of ether oxygens (including phenoxy) is 2. The van der Waals surface area contributed by atoms with Crippen LogP contribution in [0.1, 0.15) is 48.8 Å². The Hall–Kier alpha value is -2.39. The van der Waals surface area contributed by atoms with E-state index in [0.29, 0.717) is 13.0 Å². The second-order valence-corrected chi connectivity index (χ2v) is 8.30. The van der Waals surface area contributed by atoms with Crippen molar-refractivity contribution in [3.05, 3.63) is 59.7 Å². The highest BCUT2D eigenvalue weighted by molar-refractivity contribution is 5.43. The summed E-state index contributed by atoms with van der Waals surface area (Å²) in [6.45, 7) is -1.74. The molecule has 0 radical (unpaired) electrons. The summed E-state index contributed by atoms with van der Waals surface area (Å²) in [4.78, 5) is 0. The van der Waals surface area contributed by atoms with Gasteiger partial charge < -0.3 is 20.1 Å². The van der Waals surface area contributed by atoms with Gasteiger partial charge in [0.25, 0.3) is 0 Å². The van der Waals surface area contributed by atoms with Crippen LogP contribution in [0.15, 0.2) is 48.5 Å². The smallest absolute Gasteiger partial charge is 0.435 e. The normalized spacial score (nSPS) is 26.3. The van der Waals surface area contributed by atoms with Gasteiger partial charge in [-0.15, -0.1) is 13.2 Å². The zero-order valence-electron chi connectivity index (χ0n) is 17.3. The summed E-state index contributed by atoms with van der Waals surface area (Å²) >= 11 is 0. The maximum absolute atomic E-state index is 12.9. The zero-order chi connectivity index (χ0) is 22.8. The molecule has 2 saturated heterocycles. The molecule has 0 amide bonds. The topological polar surface area (TPSA) is 42.5 Å². The lowest BCUT2D eigenvalue weighted by molar-refractivity contribution is -0.274. The lowest BCUT2D eigenvalue weighted by Gasteiger charge is -2.50. The van der Waals surface area contributed by atoms with Crippen LogP contribution in [0.4, 0.5) is 22.0 Å². The molecule has 2 aromatic carbocycles. The third-order valence-electron chi connectivity index (χ3n) is 6.34. The molecule has 3 atom stereocenters. The van der Waals surface area contributed by atoms with Crippen LogP contribution in [0.25, 0.3) is 0 Å². The number of piperidine rings is 2. The Labute approximate surface area is 183 Å². The number of benzene rings is 2. The van der Waals surface area contributed by atoms with Gasteiger partial charge in [0.05, 0.1) is 6.04 Å². The van der Waals surface area contributed by atoms with Crippen LogP contribution >= 0.6 is 0 Å². The summed E-state index contributed by atoms with van der Waals surface area (Å²) < 4.78 is 72.4. The van der Waals surface area contributed by atoms with Crippen molar-refractivity contribution in [2.75, 3.05) is 13.1 Å². The maximum Gasteiger partial charge on any atom is 0.573 e. The van der Waals surface area contributed by atoms with Crippen LogP contribution < -0.4 is 20.1 Å². The molecule has 0 aromatic heterocycles. The van der Waals surface area contributed by atoms with Crippen molar-refractivity contribution >= 4 is 0 Å². The van der Waals surface area contributed by atoms with Crippen molar-refractivity contribution in [2.24, 2.45) is 0 Å². The van der Waals surface area contributed by atoms with E-state index in [1.54, 1.807) is 0 Å². The van der Waals surface area contributed by atoms with E-state index in [0.717, 1.165) is 44.0 Å². The lowest BCUT2D eigenvalue weighted by atomic mass is 9.71. The number of alkyl halides is 5. The van der Waals surface area contributed by atoms with Gasteiger partial charge in [0.2, 0.25) is 0 Å². The van der Waals surface area contributed by atoms with Crippen LogP contribution in [-0.2, 0) is 0 Å². The Bertz CT molecular complexity index is 899. The van der Waals surface area contributed by atoms with Crippen LogP contribution in [0, 0.1) is 0 Å². The van der Waals surface area contributed by atoms with Gasteiger partial charge in [-0.25, -0.2) is 0 Å². The Morgan fingerprint density at radius 1 is 1.03 bits per heavy atom. The first kappa shape index (κ1) is 22.8.